The lowest BCUT2D eigenvalue weighted by Crippen LogP contribution is -2.36. The van der Waals surface area contributed by atoms with Crippen LogP contribution < -0.4 is 0 Å². The highest BCUT2D eigenvalue weighted by atomic mass is 35.7. The second kappa shape index (κ2) is 6.93. The van der Waals surface area contributed by atoms with Gasteiger partial charge in [0.05, 0.1) is 0 Å². The molecule has 0 heterocycles. The number of hydrogen-bond donors (Lipinski definition) is 0. The fraction of sp³-hybridized carbons (Fsp3) is 0.571. The quantitative estimate of drug-likeness (QED) is 0.397. The summed E-state index contributed by atoms with van der Waals surface area (Å²) in [4.78, 5) is 0. The molecule has 6 heteroatoms. The third-order valence-electron chi connectivity index (χ3n) is 3.83. The maximum atomic E-state index is 6.35. The Bertz CT molecular complexity index is 421. The molecular weight excluding hydrogens is 366 g/mol. The number of halogens is 4. The fourth-order valence-electron chi connectivity index (χ4n) is 2.71. The molecule has 20 heavy (non-hydrogen) atoms. The van der Waals surface area contributed by atoms with Gasteiger partial charge < -0.3 is 0 Å². The van der Waals surface area contributed by atoms with Crippen LogP contribution in [-0.2, 0) is 0 Å². The van der Waals surface area contributed by atoms with Crippen molar-refractivity contribution < 1.29 is 0 Å². The lowest BCUT2D eigenvalue weighted by atomic mass is 9.78. The van der Waals surface area contributed by atoms with Crippen LogP contribution in [0.5, 0.6) is 0 Å². The Morgan fingerprint density at radius 2 is 1.15 bits per heavy atom. The average molecular weight is 386 g/mol. The molecule has 1 rings (SSSR count). The first-order chi connectivity index (χ1) is 9.01. The highest BCUT2D eigenvalue weighted by Gasteiger charge is 2.50. The van der Waals surface area contributed by atoms with Gasteiger partial charge in [-0.2, -0.15) is 0 Å². The van der Waals surface area contributed by atoms with Crippen molar-refractivity contribution in [2.24, 2.45) is 0 Å². The molecule has 0 unspecified atom stereocenters. The maximum absolute atomic E-state index is 6.35. The van der Waals surface area contributed by atoms with Crippen molar-refractivity contribution in [2.75, 3.05) is 0 Å². The molecule has 1 aromatic rings. The van der Waals surface area contributed by atoms with E-state index in [0.29, 0.717) is 0 Å². The summed E-state index contributed by atoms with van der Waals surface area (Å²) < 4.78 is 0. The van der Waals surface area contributed by atoms with E-state index in [1.54, 1.807) is 0 Å². The van der Waals surface area contributed by atoms with Crippen LogP contribution in [0.2, 0.25) is 10.1 Å². The maximum Gasteiger partial charge on any atom is 0.280 e. The van der Waals surface area contributed by atoms with Gasteiger partial charge in [0, 0.05) is 0 Å². The van der Waals surface area contributed by atoms with E-state index in [4.69, 9.17) is 44.3 Å². The summed E-state index contributed by atoms with van der Waals surface area (Å²) in [6.45, 7) is 10.5. The molecule has 0 atom stereocenters. The summed E-state index contributed by atoms with van der Waals surface area (Å²) in [5, 5.41) is -0.460. The van der Waals surface area contributed by atoms with Crippen LogP contribution in [0.25, 0.3) is 0 Å². The highest BCUT2D eigenvalue weighted by Crippen LogP contribution is 2.60. The summed E-state index contributed by atoms with van der Waals surface area (Å²) in [5.41, 5.74) is 2.44. The second-order valence-corrected chi connectivity index (χ2v) is 15.6. The molecular formula is C14H20Cl4Si2. The van der Waals surface area contributed by atoms with Gasteiger partial charge in [-0.3, -0.25) is 0 Å². The third-order valence-corrected chi connectivity index (χ3v) is 12.2. The largest absolute Gasteiger partial charge is 0.280 e. The molecule has 0 fully saturated rings. The minimum absolute atomic E-state index is 0.128. The number of aryl methyl sites for hydroxylation is 1. The van der Waals surface area contributed by atoms with E-state index in [1.807, 2.05) is 0 Å². The smallest absolute Gasteiger partial charge is 0.146 e. The Labute approximate surface area is 144 Å². The van der Waals surface area contributed by atoms with Crippen molar-refractivity contribution >= 4 is 59.1 Å². The predicted octanol–water partition coefficient (Wildman–Crippen LogP) is 6.57. The first kappa shape index (κ1) is 18.9. The van der Waals surface area contributed by atoms with Crippen LogP contribution in [0.4, 0.5) is 0 Å². The van der Waals surface area contributed by atoms with Gasteiger partial charge in [0.15, 0.2) is 0 Å². The first-order valence-electron chi connectivity index (χ1n) is 6.44. The van der Waals surface area contributed by atoms with Gasteiger partial charge in [-0.1, -0.05) is 57.5 Å². The molecule has 0 amide bonds. The summed E-state index contributed by atoms with van der Waals surface area (Å²) in [7, 11) is -3.08. The zero-order chi connectivity index (χ0) is 15.7. The van der Waals surface area contributed by atoms with Crippen LogP contribution in [0, 0.1) is 6.92 Å². The average Bonchev–Trinajstić information content (AvgIpc) is 2.31. The minimum Gasteiger partial charge on any atom is -0.146 e. The van der Waals surface area contributed by atoms with Crippen LogP contribution in [-0.4, -0.2) is 14.8 Å². The predicted molar refractivity (Wildman–Crippen MR) is 96.9 cm³/mol. The zero-order valence-electron chi connectivity index (χ0n) is 12.4. The fourth-order valence-corrected chi connectivity index (χ4v) is 5.66. The van der Waals surface area contributed by atoms with Crippen molar-refractivity contribution in [1.82, 2.24) is 0 Å². The molecule has 0 aliphatic carbocycles. The van der Waals surface area contributed by atoms with E-state index in [2.05, 4.69) is 58.9 Å². The Balaban J connectivity index is 3.39. The molecule has 0 N–H and O–H groups in total. The molecule has 0 aliphatic heterocycles. The van der Waals surface area contributed by atoms with Crippen molar-refractivity contribution in [3.8, 4) is 0 Å². The minimum atomic E-state index is -1.54. The van der Waals surface area contributed by atoms with Crippen molar-refractivity contribution in [3.05, 3.63) is 35.4 Å². The van der Waals surface area contributed by atoms with E-state index in [1.165, 1.54) is 11.1 Å². The van der Waals surface area contributed by atoms with Crippen LogP contribution in [0.3, 0.4) is 0 Å². The van der Waals surface area contributed by atoms with Crippen LogP contribution >= 0.6 is 44.3 Å². The molecule has 2 radical (unpaired) electrons. The normalized spacial score (nSPS) is 13.6. The van der Waals surface area contributed by atoms with Crippen molar-refractivity contribution in [1.29, 1.82) is 0 Å². The van der Waals surface area contributed by atoms with Gasteiger partial charge in [-0.25, -0.2) is 0 Å². The summed E-state index contributed by atoms with van der Waals surface area (Å²) in [5.74, 6) is 0.128. The van der Waals surface area contributed by atoms with Gasteiger partial charge in [-0.15, -0.1) is 44.3 Å². The first-order valence-corrected chi connectivity index (χ1v) is 13.5. The van der Waals surface area contributed by atoms with Gasteiger partial charge in [0.1, 0.15) is 0 Å². The Morgan fingerprint density at radius 3 is 1.45 bits per heavy atom. The number of benzene rings is 1. The molecule has 0 nitrogen and oxygen atoms in total. The molecule has 112 valence electrons. The molecule has 0 aliphatic rings. The van der Waals surface area contributed by atoms with Crippen molar-refractivity contribution in [3.63, 3.8) is 0 Å². The van der Waals surface area contributed by atoms with Gasteiger partial charge in [-0.05, 0) is 28.5 Å². The lowest BCUT2D eigenvalue weighted by molar-refractivity contribution is 0.415. The Morgan fingerprint density at radius 1 is 0.800 bits per heavy atom. The molecule has 0 aromatic heterocycles. The standard InChI is InChI=1S/C14H20Cl4Si2/c1-10-6-8-11(9-7-10)12(13(2,3)19(15)16)14(4,5)20(17)18/h6-9,12H,1-5H3. The topological polar surface area (TPSA) is 0 Å². The summed E-state index contributed by atoms with van der Waals surface area (Å²) in [6.07, 6.45) is 0. The molecule has 0 bridgehead atoms. The van der Waals surface area contributed by atoms with Crippen LogP contribution in [0.15, 0.2) is 24.3 Å². The molecule has 0 saturated carbocycles. The number of hydrogen-bond acceptors (Lipinski definition) is 0. The highest BCUT2D eigenvalue weighted by molar-refractivity contribution is 7.36. The van der Waals surface area contributed by atoms with Gasteiger partial charge in [0.25, 0.3) is 14.8 Å². The van der Waals surface area contributed by atoms with E-state index in [9.17, 15) is 0 Å². The van der Waals surface area contributed by atoms with Crippen molar-refractivity contribution in [2.45, 2.75) is 50.6 Å². The SMILES string of the molecule is Cc1ccc(C(C(C)(C)[Si](Cl)Cl)C(C)(C)[Si](Cl)Cl)cc1. The summed E-state index contributed by atoms with van der Waals surface area (Å²) in [6, 6.07) is 8.50. The molecule has 0 spiro atoms. The third kappa shape index (κ3) is 3.96. The van der Waals surface area contributed by atoms with E-state index >= 15 is 0 Å². The second-order valence-electron chi connectivity index (χ2n) is 6.31. The molecule has 1 aromatic carbocycles. The monoisotopic (exact) mass is 384 g/mol. The number of rotatable bonds is 5. The lowest BCUT2D eigenvalue weighted by Gasteiger charge is -2.45. The van der Waals surface area contributed by atoms with E-state index < -0.39 is 14.8 Å². The molecule has 0 saturated heterocycles. The Kier molecular flexibility index (Phi) is 6.53. The zero-order valence-corrected chi connectivity index (χ0v) is 17.4. The Hall–Kier alpha value is 0.814. The van der Waals surface area contributed by atoms with Gasteiger partial charge in [0.2, 0.25) is 0 Å². The van der Waals surface area contributed by atoms with E-state index in [-0.39, 0.29) is 16.0 Å². The summed E-state index contributed by atoms with van der Waals surface area (Å²) >= 11 is 25.4. The van der Waals surface area contributed by atoms with E-state index in [0.717, 1.165) is 0 Å². The van der Waals surface area contributed by atoms with Crippen LogP contribution in [0.1, 0.15) is 44.7 Å². The van der Waals surface area contributed by atoms with Gasteiger partial charge >= 0.3 is 0 Å².